The summed E-state index contributed by atoms with van der Waals surface area (Å²) in [7, 11) is 1.93. The zero-order valence-electron chi connectivity index (χ0n) is 13.9. The molecule has 0 aromatic carbocycles. The lowest BCUT2D eigenvalue weighted by Crippen LogP contribution is -2.48. The monoisotopic (exact) mass is 317 g/mol. The van der Waals surface area contributed by atoms with E-state index in [0.29, 0.717) is 12.4 Å². The molecule has 2 aromatic rings. The molecule has 7 heteroatoms. The lowest BCUT2D eigenvalue weighted by Gasteiger charge is -2.34. The zero-order chi connectivity index (χ0) is 16.4. The standard InChI is InChI=1S/C16H23N5O2/c1-4-15-17-14(18-23-15)11-20-7-9-21(10-8-20)16(22)13-6-5-12(2)19(13)3/h5-6H,4,7-11H2,1-3H3. The van der Waals surface area contributed by atoms with Gasteiger partial charge in [0, 0.05) is 45.3 Å². The smallest absolute Gasteiger partial charge is 0.270 e. The van der Waals surface area contributed by atoms with Crippen LogP contribution in [0.5, 0.6) is 0 Å². The molecule has 3 rings (SSSR count). The highest BCUT2D eigenvalue weighted by molar-refractivity contribution is 5.93. The number of hydrogen-bond acceptors (Lipinski definition) is 5. The summed E-state index contributed by atoms with van der Waals surface area (Å²) < 4.78 is 7.08. The summed E-state index contributed by atoms with van der Waals surface area (Å²) >= 11 is 0. The van der Waals surface area contributed by atoms with Crippen LogP contribution in [0.4, 0.5) is 0 Å². The molecule has 2 aromatic heterocycles. The van der Waals surface area contributed by atoms with E-state index in [1.165, 1.54) is 0 Å². The third-order valence-electron chi connectivity index (χ3n) is 4.43. The highest BCUT2D eigenvalue weighted by atomic mass is 16.5. The van der Waals surface area contributed by atoms with Gasteiger partial charge in [-0.15, -0.1) is 0 Å². The van der Waals surface area contributed by atoms with Crippen molar-refractivity contribution in [2.24, 2.45) is 7.05 Å². The van der Waals surface area contributed by atoms with Gasteiger partial charge in [0.2, 0.25) is 5.89 Å². The highest BCUT2D eigenvalue weighted by Crippen LogP contribution is 2.13. The molecule has 23 heavy (non-hydrogen) atoms. The predicted octanol–water partition coefficient (Wildman–Crippen LogP) is 1.24. The Hall–Kier alpha value is -2.15. The maximum absolute atomic E-state index is 12.6. The summed E-state index contributed by atoms with van der Waals surface area (Å²) in [6, 6.07) is 3.88. The van der Waals surface area contributed by atoms with E-state index in [4.69, 9.17) is 4.52 Å². The van der Waals surface area contributed by atoms with Crippen LogP contribution in [-0.4, -0.2) is 56.6 Å². The molecule has 0 N–H and O–H groups in total. The molecule has 124 valence electrons. The molecular weight excluding hydrogens is 294 g/mol. The van der Waals surface area contributed by atoms with Gasteiger partial charge in [0.25, 0.3) is 5.91 Å². The Morgan fingerprint density at radius 1 is 1.26 bits per heavy atom. The molecule has 1 amide bonds. The first-order valence-electron chi connectivity index (χ1n) is 8.04. The van der Waals surface area contributed by atoms with Crippen molar-refractivity contribution < 1.29 is 9.32 Å². The minimum Gasteiger partial charge on any atom is -0.344 e. The second-order valence-electron chi connectivity index (χ2n) is 5.95. The Balaban J connectivity index is 1.55. The number of aromatic nitrogens is 3. The van der Waals surface area contributed by atoms with Gasteiger partial charge < -0.3 is 14.0 Å². The van der Waals surface area contributed by atoms with Crippen molar-refractivity contribution in [1.82, 2.24) is 24.5 Å². The minimum atomic E-state index is 0.105. The molecule has 1 fully saturated rings. The summed E-state index contributed by atoms with van der Waals surface area (Å²) in [6.07, 6.45) is 0.755. The molecule has 1 saturated heterocycles. The first-order chi connectivity index (χ1) is 11.1. The van der Waals surface area contributed by atoms with E-state index in [1.807, 2.05) is 42.5 Å². The van der Waals surface area contributed by atoms with Crippen molar-refractivity contribution in [2.75, 3.05) is 26.2 Å². The van der Waals surface area contributed by atoms with Crippen molar-refractivity contribution in [3.63, 3.8) is 0 Å². The van der Waals surface area contributed by atoms with Crippen molar-refractivity contribution in [3.8, 4) is 0 Å². The number of piperazine rings is 1. The van der Waals surface area contributed by atoms with Crippen LogP contribution < -0.4 is 0 Å². The molecular formula is C16H23N5O2. The predicted molar refractivity (Wildman–Crippen MR) is 85.0 cm³/mol. The van der Waals surface area contributed by atoms with Gasteiger partial charge in [-0.25, -0.2) is 0 Å². The molecule has 0 unspecified atom stereocenters. The topological polar surface area (TPSA) is 67.4 Å². The molecule has 7 nitrogen and oxygen atoms in total. The zero-order valence-corrected chi connectivity index (χ0v) is 13.9. The molecule has 0 aliphatic carbocycles. The van der Waals surface area contributed by atoms with Crippen LogP contribution in [-0.2, 0) is 20.0 Å². The second-order valence-corrected chi connectivity index (χ2v) is 5.95. The Morgan fingerprint density at radius 3 is 2.57 bits per heavy atom. The first kappa shape index (κ1) is 15.7. The molecule has 1 aliphatic rings. The average Bonchev–Trinajstić information content (AvgIpc) is 3.15. The normalized spacial score (nSPS) is 16.0. The lowest BCUT2D eigenvalue weighted by atomic mass is 10.2. The van der Waals surface area contributed by atoms with Crippen LogP contribution in [0.15, 0.2) is 16.7 Å². The number of rotatable bonds is 4. The fourth-order valence-electron chi connectivity index (χ4n) is 2.80. The minimum absolute atomic E-state index is 0.105. The number of nitrogens with zero attached hydrogens (tertiary/aromatic N) is 5. The molecule has 0 bridgehead atoms. The van der Waals surface area contributed by atoms with Crippen molar-refractivity contribution >= 4 is 5.91 Å². The van der Waals surface area contributed by atoms with Crippen molar-refractivity contribution in [1.29, 1.82) is 0 Å². The summed E-state index contributed by atoms with van der Waals surface area (Å²) in [6.45, 7) is 7.77. The van der Waals surface area contributed by atoms with Gasteiger partial charge in [-0.3, -0.25) is 9.69 Å². The van der Waals surface area contributed by atoms with E-state index in [0.717, 1.165) is 49.8 Å². The maximum Gasteiger partial charge on any atom is 0.270 e. The Bertz CT molecular complexity index is 682. The van der Waals surface area contributed by atoms with Gasteiger partial charge in [0.05, 0.1) is 6.54 Å². The van der Waals surface area contributed by atoms with Crippen LogP contribution in [0, 0.1) is 6.92 Å². The van der Waals surface area contributed by atoms with E-state index in [1.54, 1.807) is 0 Å². The van der Waals surface area contributed by atoms with Crippen LogP contribution >= 0.6 is 0 Å². The fraction of sp³-hybridized carbons (Fsp3) is 0.562. The summed E-state index contributed by atoms with van der Waals surface area (Å²) in [5.74, 6) is 1.50. The van der Waals surface area contributed by atoms with Crippen molar-refractivity contribution in [3.05, 3.63) is 35.2 Å². The average molecular weight is 317 g/mol. The molecule has 0 atom stereocenters. The Morgan fingerprint density at radius 2 is 2.00 bits per heavy atom. The van der Waals surface area contributed by atoms with Gasteiger partial charge in [0.1, 0.15) is 5.69 Å². The summed E-state index contributed by atoms with van der Waals surface area (Å²) in [4.78, 5) is 21.1. The Labute approximate surface area is 135 Å². The van der Waals surface area contributed by atoms with Gasteiger partial charge in [-0.1, -0.05) is 12.1 Å². The van der Waals surface area contributed by atoms with Gasteiger partial charge in [-0.2, -0.15) is 4.98 Å². The van der Waals surface area contributed by atoms with Crippen molar-refractivity contribution in [2.45, 2.75) is 26.8 Å². The third-order valence-corrected chi connectivity index (χ3v) is 4.43. The maximum atomic E-state index is 12.6. The number of carbonyl (C=O) groups excluding carboxylic acids is 1. The third kappa shape index (κ3) is 3.29. The highest BCUT2D eigenvalue weighted by Gasteiger charge is 2.24. The molecule has 0 spiro atoms. The SMILES string of the molecule is CCc1nc(CN2CCN(C(=O)c3ccc(C)n3C)CC2)no1. The van der Waals surface area contributed by atoms with Crippen LogP contribution in [0.25, 0.3) is 0 Å². The second kappa shape index (κ2) is 6.54. The summed E-state index contributed by atoms with van der Waals surface area (Å²) in [5, 5.41) is 3.99. The fourth-order valence-corrected chi connectivity index (χ4v) is 2.80. The van der Waals surface area contributed by atoms with E-state index < -0.39 is 0 Å². The molecule has 3 heterocycles. The number of carbonyl (C=O) groups is 1. The number of amides is 1. The number of hydrogen-bond donors (Lipinski definition) is 0. The molecule has 0 saturated carbocycles. The van der Waals surface area contributed by atoms with Gasteiger partial charge in [0.15, 0.2) is 5.82 Å². The van der Waals surface area contributed by atoms with E-state index >= 15 is 0 Å². The molecule has 0 radical (unpaired) electrons. The Kier molecular flexibility index (Phi) is 4.47. The van der Waals surface area contributed by atoms with E-state index in [2.05, 4.69) is 15.0 Å². The van der Waals surface area contributed by atoms with Gasteiger partial charge >= 0.3 is 0 Å². The van der Waals surface area contributed by atoms with E-state index in [-0.39, 0.29) is 5.91 Å². The number of aryl methyl sites for hydroxylation is 2. The first-order valence-corrected chi connectivity index (χ1v) is 8.04. The van der Waals surface area contributed by atoms with Crippen LogP contribution in [0.2, 0.25) is 0 Å². The van der Waals surface area contributed by atoms with E-state index in [9.17, 15) is 4.79 Å². The lowest BCUT2D eigenvalue weighted by molar-refractivity contribution is 0.0615. The van der Waals surface area contributed by atoms with Crippen LogP contribution in [0.3, 0.4) is 0 Å². The van der Waals surface area contributed by atoms with Gasteiger partial charge in [-0.05, 0) is 19.1 Å². The quantitative estimate of drug-likeness (QED) is 0.848. The summed E-state index contributed by atoms with van der Waals surface area (Å²) in [5.41, 5.74) is 1.84. The van der Waals surface area contributed by atoms with Crippen LogP contribution in [0.1, 0.15) is 34.8 Å². The largest absolute Gasteiger partial charge is 0.344 e. The molecule has 1 aliphatic heterocycles.